The van der Waals surface area contributed by atoms with E-state index < -0.39 is 12.0 Å². The molecule has 0 spiro atoms. The number of halogens is 3. The van der Waals surface area contributed by atoms with Crippen molar-refractivity contribution in [2.75, 3.05) is 35.7 Å². The van der Waals surface area contributed by atoms with Crippen LogP contribution in [0.25, 0.3) is 0 Å². The Bertz CT molecular complexity index is 1020. The fraction of sp³-hybridized carbons (Fsp3) is 0.500. The van der Waals surface area contributed by atoms with Gasteiger partial charge >= 0.3 is 12.5 Å². The fourth-order valence-corrected chi connectivity index (χ4v) is 3.75. The van der Waals surface area contributed by atoms with E-state index >= 15 is 0 Å². The summed E-state index contributed by atoms with van der Waals surface area (Å²) in [4.78, 5) is 18.1. The molecule has 0 saturated carbocycles. The lowest BCUT2D eigenvalue weighted by Gasteiger charge is -2.33. The van der Waals surface area contributed by atoms with E-state index in [2.05, 4.69) is 25.8 Å². The number of benzene rings is 1. The number of ether oxygens (including phenoxy) is 2. The number of hydrogen-bond donors (Lipinski definition) is 4. The van der Waals surface area contributed by atoms with Crippen LogP contribution in [0.1, 0.15) is 39.2 Å². The molecule has 9 nitrogen and oxygen atoms in total. The number of piperidine rings is 1. The van der Waals surface area contributed by atoms with Gasteiger partial charge in [0, 0.05) is 37.8 Å². The van der Waals surface area contributed by atoms with E-state index in [1.165, 1.54) is 24.4 Å². The number of alkyl halides is 3. The zero-order valence-electron chi connectivity index (χ0n) is 20.5. The lowest BCUT2D eigenvalue weighted by atomic mass is 9.97. The number of nitrogens with one attached hydrogen (secondary N) is 3. The molecule has 12 heteroatoms. The number of para-hydroxylation sites is 1. The molecule has 1 aromatic heterocycles. The number of carbonyl (C=O) groups is 1. The highest BCUT2D eigenvalue weighted by molar-refractivity contribution is 5.70. The van der Waals surface area contributed by atoms with Gasteiger partial charge in [0.05, 0.1) is 11.9 Å². The molecule has 2 heterocycles. The Hall–Kier alpha value is -3.41. The zero-order chi connectivity index (χ0) is 26.3. The number of anilines is 3. The highest BCUT2D eigenvalue weighted by Gasteiger charge is 2.32. The first kappa shape index (κ1) is 27.2. The number of pyridine rings is 1. The highest BCUT2D eigenvalue weighted by Crippen LogP contribution is 2.29. The Morgan fingerprint density at radius 1 is 1.14 bits per heavy atom. The molecule has 198 valence electrons. The second-order valence-corrected chi connectivity index (χ2v) is 9.53. The van der Waals surface area contributed by atoms with Crippen LogP contribution in [0.4, 0.5) is 35.2 Å². The Morgan fingerprint density at radius 3 is 2.47 bits per heavy atom. The van der Waals surface area contributed by atoms with Crippen LogP contribution in [0, 0.1) is 5.92 Å². The van der Waals surface area contributed by atoms with Crippen LogP contribution in [0.2, 0.25) is 0 Å². The highest BCUT2D eigenvalue weighted by atomic mass is 19.4. The molecule has 1 saturated heterocycles. The molecule has 0 radical (unpaired) electrons. The summed E-state index contributed by atoms with van der Waals surface area (Å²) in [7, 11) is 0. The summed E-state index contributed by atoms with van der Waals surface area (Å²) in [5.41, 5.74) is 2.80. The second kappa shape index (κ2) is 11.5. The summed E-state index contributed by atoms with van der Waals surface area (Å²) in [5, 5.41) is 15.7. The molecule has 0 aliphatic carbocycles. The third-order valence-corrected chi connectivity index (χ3v) is 5.53. The summed E-state index contributed by atoms with van der Waals surface area (Å²) in [5.74, 6) is 0.409. The van der Waals surface area contributed by atoms with Crippen molar-refractivity contribution in [1.29, 1.82) is 0 Å². The number of rotatable bonds is 8. The molecule has 1 amide bonds. The summed E-state index contributed by atoms with van der Waals surface area (Å²) >= 11 is 0. The van der Waals surface area contributed by atoms with Crippen LogP contribution in [-0.2, 0) is 11.3 Å². The molecule has 1 fully saturated rings. The standard InChI is InChI=1S/C24H32F3N5O4/c1-23(2,3)36-22(33)32-10-8-16(9-11-32)13-28-18-12-21(30-15-19(18)31-34)29-14-17-6-4-5-7-20(17)35-24(25,26)27/h4-7,12,15-16,31,34H,8-11,13-14H2,1-3H3,(H2,28,29,30). The van der Waals surface area contributed by atoms with Crippen LogP contribution in [0.3, 0.4) is 0 Å². The molecule has 0 unspecified atom stereocenters. The zero-order valence-corrected chi connectivity index (χ0v) is 20.5. The molecular formula is C24H32F3N5O4. The van der Waals surface area contributed by atoms with Gasteiger partial charge in [-0.15, -0.1) is 13.2 Å². The van der Waals surface area contributed by atoms with Crippen molar-refractivity contribution in [3.63, 3.8) is 0 Å². The van der Waals surface area contributed by atoms with E-state index in [-0.39, 0.29) is 18.4 Å². The number of aromatic nitrogens is 1. The van der Waals surface area contributed by atoms with E-state index in [0.29, 0.717) is 48.3 Å². The van der Waals surface area contributed by atoms with Gasteiger partial charge in [0.15, 0.2) is 0 Å². The molecule has 4 N–H and O–H groups in total. The van der Waals surface area contributed by atoms with Crippen LogP contribution < -0.4 is 20.9 Å². The summed E-state index contributed by atoms with van der Waals surface area (Å²) in [6.07, 6.45) is -2.11. The summed E-state index contributed by atoms with van der Waals surface area (Å²) < 4.78 is 47.5. The van der Waals surface area contributed by atoms with Gasteiger partial charge in [-0.2, -0.15) is 0 Å². The van der Waals surface area contributed by atoms with Crippen molar-refractivity contribution in [2.45, 2.75) is 52.1 Å². The minimum Gasteiger partial charge on any atom is -0.444 e. The van der Waals surface area contributed by atoms with E-state index in [1.54, 1.807) is 17.0 Å². The van der Waals surface area contributed by atoms with Gasteiger partial charge in [-0.05, 0) is 45.6 Å². The first-order valence-electron chi connectivity index (χ1n) is 11.6. The molecular weight excluding hydrogens is 479 g/mol. The SMILES string of the molecule is CC(C)(C)OC(=O)N1CCC(CNc2cc(NCc3ccccc3OC(F)(F)F)ncc2NO)CC1. The summed E-state index contributed by atoms with van der Waals surface area (Å²) in [6, 6.07) is 7.51. The first-order chi connectivity index (χ1) is 16.9. The van der Waals surface area contributed by atoms with Crippen molar-refractivity contribution in [3.8, 4) is 5.75 Å². The minimum atomic E-state index is -4.79. The smallest absolute Gasteiger partial charge is 0.444 e. The first-order valence-corrected chi connectivity index (χ1v) is 11.6. The van der Waals surface area contributed by atoms with Crippen LogP contribution >= 0.6 is 0 Å². The van der Waals surface area contributed by atoms with Crippen LogP contribution in [0.15, 0.2) is 36.5 Å². The number of amides is 1. The van der Waals surface area contributed by atoms with Crippen molar-refractivity contribution >= 4 is 23.3 Å². The van der Waals surface area contributed by atoms with Gasteiger partial charge in [-0.1, -0.05) is 18.2 Å². The summed E-state index contributed by atoms with van der Waals surface area (Å²) in [6.45, 7) is 7.34. The van der Waals surface area contributed by atoms with Crippen molar-refractivity contribution in [2.24, 2.45) is 5.92 Å². The predicted octanol–water partition coefficient (Wildman–Crippen LogP) is 5.45. The van der Waals surface area contributed by atoms with Gasteiger partial charge < -0.3 is 25.0 Å². The molecule has 3 rings (SSSR count). The Kier molecular flexibility index (Phi) is 8.72. The van der Waals surface area contributed by atoms with Gasteiger partial charge in [-0.25, -0.2) is 9.78 Å². The normalized spacial score (nSPS) is 14.8. The number of likely N-dealkylation sites (tertiary alicyclic amines) is 1. The minimum absolute atomic E-state index is 0.0493. The molecule has 0 bridgehead atoms. The average molecular weight is 512 g/mol. The van der Waals surface area contributed by atoms with E-state index in [9.17, 15) is 23.2 Å². The van der Waals surface area contributed by atoms with Gasteiger partial charge in [0.25, 0.3) is 0 Å². The lowest BCUT2D eigenvalue weighted by molar-refractivity contribution is -0.274. The Labute approximate surface area is 207 Å². The number of nitrogens with zero attached hydrogens (tertiary/aromatic N) is 2. The van der Waals surface area contributed by atoms with Crippen molar-refractivity contribution < 1.29 is 32.6 Å². The third kappa shape index (κ3) is 8.36. The van der Waals surface area contributed by atoms with Crippen LogP contribution in [-0.4, -0.2) is 52.8 Å². The number of carbonyl (C=O) groups excluding carboxylic acids is 1. The average Bonchev–Trinajstić information content (AvgIpc) is 2.80. The number of hydrogen-bond acceptors (Lipinski definition) is 8. The van der Waals surface area contributed by atoms with E-state index in [4.69, 9.17) is 4.74 Å². The maximum Gasteiger partial charge on any atom is 0.573 e. The topological polar surface area (TPSA) is 108 Å². The maximum atomic E-state index is 12.7. The molecule has 36 heavy (non-hydrogen) atoms. The van der Waals surface area contributed by atoms with E-state index in [0.717, 1.165) is 12.8 Å². The molecule has 1 aromatic carbocycles. The van der Waals surface area contributed by atoms with Gasteiger partial charge in [0.1, 0.15) is 22.9 Å². The lowest BCUT2D eigenvalue weighted by Crippen LogP contribution is -2.42. The fourth-order valence-electron chi connectivity index (χ4n) is 3.75. The second-order valence-electron chi connectivity index (χ2n) is 9.53. The molecule has 0 atom stereocenters. The Morgan fingerprint density at radius 2 is 1.83 bits per heavy atom. The Balaban J connectivity index is 1.56. The monoisotopic (exact) mass is 511 g/mol. The van der Waals surface area contributed by atoms with E-state index in [1.807, 2.05) is 20.8 Å². The molecule has 2 aromatic rings. The molecule has 1 aliphatic rings. The molecule has 1 aliphatic heterocycles. The largest absolute Gasteiger partial charge is 0.573 e. The van der Waals surface area contributed by atoms with Crippen molar-refractivity contribution in [1.82, 2.24) is 9.88 Å². The van der Waals surface area contributed by atoms with Crippen molar-refractivity contribution in [3.05, 3.63) is 42.1 Å². The quantitative estimate of drug-likeness (QED) is 0.347. The predicted molar refractivity (Wildman–Crippen MR) is 129 cm³/mol. The van der Waals surface area contributed by atoms with Gasteiger partial charge in [-0.3, -0.25) is 10.7 Å². The van der Waals surface area contributed by atoms with Gasteiger partial charge in [0.2, 0.25) is 0 Å². The maximum absolute atomic E-state index is 12.7. The van der Waals surface area contributed by atoms with Crippen LogP contribution in [0.5, 0.6) is 5.75 Å². The third-order valence-electron chi connectivity index (χ3n) is 5.53.